The maximum Gasteiger partial charge on any atom is 0.0364 e. The van der Waals surface area contributed by atoms with Gasteiger partial charge >= 0.3 is 0 Å². The van der Waals surface area contributed by atoms with Gasteiger partial charge in [0.2, 0.25) is 0 Å². The highest BCUT2D eigenvalue weighted by Gasteiger charge is 2.20. The Morgan fingerprint density at radius 2 is 1.47 bits per heavy atom. The van der Waals surface area contributed by atoms with E-state index in [1.165, 1.54) is 83.5 Å². The van der Waals surface area contributed by atoms with E-state index in [1.807, 2.05) is 0 Å². The van der Waals surface area contributed by atoms with E-state index >= 15 is 0 Å². The maximum absolute atomic E-state index is 6.52. The fourth-order valence-corrected chi connectivity index (χ4v) is 3.43. The number of alkyl halides is 1. The molecule has 17 heavy (non-hydrogen) atoms. The van der Waals surface area contributed by atoms with E-state index in [0.29, 0.717) is 5.38 Å². The lowest BCUT2D eigenvalue weighted by Gasteiger charge is -2.26. The molecule has 1 unspecified atom stereocenters. The molecule has 0 aromatic rings. The van der Waals surface area contributed by atoms with Gasteiger partial charge in [-0.1, -0.05) is 71.1 Å². The Morgan fingerprint density at radius 3 is 2.12 bits per heavy atom. The first kappa shape index (κ1) is 15.3. The number of halogens is 1. The van der Waals surface area contributed by atoms with E-state index < -0.39 is 0 Å². The molecule has 0 bridgehead atoms. The van der Waals surface area contributed by atoms with Gasteiger partial charge in [-0.2, -0.15) is 0 Å². The van der Waals surface area contributed by atoms with Crippen LogP contribution in [0.3, 0.4) is 0 Å². The monoisotopic (exact) mass is 258 g/mol. The summed E-state index contributed by atoms with van der Waals surface area (Å²) in [5.74, 6) is 0.838. The average molecular weight is 259 g/mol. The highest BCUT2D eigenvalue weighted by Crippen LogP contribution is 2.31. The SMILES string of the molecule is CCCCCCCCCC(Cl)C1CCCCC1. The quantitative estimate of drug-likeness (QED) is 0.336. The minimum Gasteiger partial charge on any atom is -0.123 e. The Bertz CT molecular complexity index is 161. The van der Waals surface area contributed by atoms with Crippen LogP contribution in [-0.2, 0) is 0 Å². The van der Waals surface area contributed by atoms with Gasteiger partial charge in [-0.05, 0) is 25.2 Å². The summed E-state index contributed by atoms with van der Waals surface area (Å²) in [4.78, 5) is 0. The first-order valence-corrected chi connectivity index (χ1v) is 8.42. The van der Waals surface area contributed by atoms with Crippen LogP contribution in [0, 0.1) is 5.92 Å². The second kappa shape index (κ2) is 10.2. The summed E-state index contributed by atoms with van der Waals surface area (Å²) in [7, 11) is 0. The van der Waals surface area contributed by atoms with Gasteiger partial charge < -0.3 is 0 Å². The van der Waals surface area contributed by atoms with Crippen molar-refractivity contribution >= 4 is 11.6 Å². The summed E-state index contributed by atoms with van der Waals surface area (Å²) in [6, 6.07) is 0. The third-order valence-corrected chi connectivity index (χ3v) is 4.82. The minimum absolute atomic E-state index is 0.478. The molecule has 1 aliphatic carbocycles. The Kier molecular flexibility index (Phi) is 9.24. The predicted molar refractivity (Wildman–Crippen MR) is 78.8 cm³/mol. The van der Waals surface area contributed by atoms with Crippen LogP contribution in [0.2, 0.25) is 0 Å². The van der Waals surface area contributed by atoms with Crippen LogP contribution in [0.1, 0.15) is 90.4 Å². The van der Waals surface area contributed by atoms with Crippen molar-refractivity contribution in [3.05, 3.63) is 0 Å². The van der Waals surface area contributed by atoms with E-state index in [2.05, 4.69) is 6.92 Å². The lowest BCUT2D eigenvalue weighted by molar-refractivity contribution is 0.333. The zero-order chi connectivity index (χ0) is 12.3. The topological polar surface area (TPSA) is 0 Å². The molecule has 1 heteroatoms. The van der Waals surface area contributed by atoms with Gasteiger partial charge in [-0.25, -0.2) is 0 Å². The van der Waals surface area contributed by atoms with E-state index in [1.54, 1.807) is 0 Å². The van der Waals surface area contributed by atoms with Gasteiger partial charge in [0.1, 0.15) is 0 Å². The molecule has 0 radical (unpaired) electrons. The Morgan fingerprint density at radius 1 is 0.882 bits per heavy atom. The van der Waals surface area contributed by atoms with Crippen LogP contribution in [0.5, 0.6) is 0 Å². The molecule has 0 N–H and O–H groups in total. The summed E-state index contributed by atoms with van der Waals surface area (Å²) >= 11 is 6.52. The fraction of sp³-hybridized carbons (Fsp3) is 1.00. The minimum atomic E-state index is 0.478. The zero-order valence-corrected chi connectivity index (χ0v) is 12.5. The van der Waals surface area contributed by atoms with Crippen LogP contribution in [0.4, 0.5) is 0 Å². The molecule has 0 aliphatic heterocycles. The van der Waals surface area contributed by atoms with Crippen molar-refractivity contribution in [2.24, 2.45) is 5.92 Å². The zero-order valence-electron chi connectivity index (χ0n) is 11.7. The summed E-state index contributed by atoms with van der Waals surface area (Å²) in [6.07, 6.45) is 18.2. The standard InChI is InChI=1S/C16H31Cl/c1-2-3-4-5-6-7-11-14-16(17)15-12-9-8-10-13-15/h15-16H,2-14H2,1H3. The molecule has 102 valence electrons. The lowest BCUT2D eigenvalue weighted by atomic mass is 9.85. The molecule has 1 fully saturated rings. The van der Waals surface area contributed by atoms with E-state index in [-0.39, 0.29) is 0 Å². The largest absolute Gasteiger partial charge is 0.123 e. The summed E-state index contributed by atoms with van der Waals surface area (Å²) in [5, 5.41) is 0.478. The summed E-state index contributed by atoms with van der Waals surface area (Å²) < 4.78 is 0. The van der Waals surface area contributed by atoms with Crippen molar-refractivity contribution in [2.45, 2.75) is 95.8 Å². The van der Waals surface area contributed by atoms with Crippen LogP contribution in [0.25, 0.3) is 0 Å². The van der Waals surface area contributed by atoms with Crippen molar-refractivity contribution < 1.29 is 0 Å². The molecule has 0 aromatic carbocycles. The molecule has 1 saturated carbocycles. The van der Waals surface area contributed by atoms with Crippen molar-refractivity contribution in [1.29, 1.82) is 0 Å². The van der Waals surface area contributed by atoms with Gasteiger partial charge in [0.15, 0.2) is 0 Å². The molecule has 0 amide bonds. The van der Waals surface area contributed by atoms with Gasteiger partial charge in [0.25, 0.3) is 0 Å². The maximum atomic E-state index is 6.52. The predicted octanol–water partition coefficient (Wildman–Crippen LogP) is 6.31. The fourth-order valence-electron chi connectivity index (χ4n) is 3.03. The highest BCUT2D eigenvalue weighted by atomic mass is 35.5. The molecule has 1 rings (SSSR count). The van der Waals surface area contributed by atoms with Gasteiger partial charge in [-0.3, -0.25) is 0 Å². The van der Waals surface area contributed by atoms with Gasteiger partial charge in [0, 0.05) is 5.38 Å². The third kappa shape index (κ3) is 7.34. The van der Waals surface area contributed by atoms with Gasteiger partial charge in [0.05, 0.1) is 0 Å². The Hall–Kier alpha value is 0.290. The number of hydrogen-bond acceptors (Lipinski definition) is 0. The number of hydrogen-bond donors (Lipinski definition) is 0. The Labute approximate surface area is 114 Å². The molecule has 1 atom stereocenters. The summed E-state index contributed by atoms with van der Waals surface area (Å²) in [6.45, 7) is 2.28. The molecule has 0 heterocycles. The van der Waals surface area contributed by atoms with Crippen LogP contribution < -0.4 is 0 Å². The normalized spacial score (nSPS) is 19.4. The van der Waals surface area contributed by atoms with E-state index in [4.69, 9.17) is 11.6 Å². The van der Waals surface area contributed by atoms with Crippen molar-refractivity contribution in [3.8, 4) is 0 Å². The second-order valence-corrected chi connectivity index (χ2v) is 6.38. The van der Waals surface area contributed by atoms with E-state index in [0.717, 1.165) is 5.92 Å². The average Bonchev–Trinajstić information content (AvgIpc) is 2.38. The molecular weight excluding hydrogens is 228 g/mol. The second-order valence-electron chi connectivity index (χ2n) is 5.82. The van der Waals surface area contributed by atoms with Crippen LogP contribution in [0.15, 0.2) is 0 Å². The number of rotatable bonds is 9. The molecule has 1 aliphatic rings. The third-order valence-electron chi connectivity index (χ3n) is 4.24. The van der Waals surface area contributed by atoms with Crippen molar-refractivity contribution in [2.75, 3.05) is 0 Å². The smallest absolute Gasteiger partial charge is 0.0364 e. The molecule has 0 spiro atoms. The highest BCUT2D eigenvalue weighted by molar-refractivity contribution is 6.20. The van der Waals surface area contributed by atoms with Crippen LogP contribution >= 0.6 is 11.6 Å². The molecular formula is C16H31Cl. The molecule has 0 nitrogen and oxygen atoms in total. The van der Waals surface area contributed by atoms with Gasteiger partial charge in [-0.15, -0.1) is 11.6 Å². The van der Waals surface area contributed by atoms with Crippen molar-refractivity contribution in [1.82, 2.24) is 0 Å². The number of unbranched alkanes of at least 4 members (excludes halogenated alkanes) is 6. The molecule has 0 aromatic heterocycles. The first-order valence-electron chi connectivity index (χ1n) is 7.98. The lowest BCUT2D eigenvalue weighted by Crippen LogP contribution is -2.17. The van der Waals surface area contributed by atoms with Crippen LogP contribution in [-0.4, -0.2) is 5.38 Å². The first-order chi connectivity index (χ1) is 8.34. The Balaban J connectivity index is 1.90. The molecule has 0 saturated heterocycles. The van der Waals surface area contributed by atoms with E-state index in [9.17, 15) is 0 Å². The van der Waals surface area contributed by atoms with Crippen molar-refractivity contribution in [3.63, 3.8) is 0 Å². The summed E-state index contributed by atoms with van der Waals surface area (Å²) in [5.41, 5.74) is 0.